The van der Waals surface area contributed by atoms with Crippen molar-refractivity contribution in [3.8, 4) is 0 Å². The molecule has 1 aliphatic heterocycles. The first-order chi connectivity index (χ1) is 9.20. The van der Waals surface area contributed by atoms with E-state index in [9.17, 15) is 0 Å². The van der Waals surface area contributed by atoms with Crippen LogP contribution in [0, 0.1) is 0 Å². The maximum Gasteiger partial charge on any atom is 0.103 e. The summed E-state index contributed by atoms with van der Waals surface area (Å²) in [6.45, 7) is 5.11. The molecule has 0 aliphatic carbocycles. The minimum absolute atomic E-state index is 0.239. The highest BCUT2D eigenvalue weighted by atomic mass is 32.1. The maximum absolute atomic E-state index is 9.00. The Morgan fingerprint density at radius 2 is 1.89 bits per heavy atom. The van der Waals surface area contributed by atoms with Crippen LogP contribution in [0.4, 0.5) is 5.69 Å². The molecule has 0 radical (unpaired) electrons. The summed E-state index contributed by atoms with van der Waals surface area (Å²) in [7, 11) is 0. The number of benzene rings is 1. The van der Waals surface area contributed by atoms with Gasteiger partial charge in [-0.1, -0.05) is 12.2 Å². The number of nitrogens with two attached hydrogens (primary N) is 1. The summed E-state index contributed by atoms with van der Waals surface area (Å²) in [6, 6.07) is 8.12. The molecule has 1 fully saturated rings. The van der Waals surface area contributed by atoms with Gasteiger partial charge in [-0.05, 0) is 37.2 Å². The third-order valence-electron chi connectivity index (χ3n) is 3.52. The van der Waals surface area contributed by atoms with Gasteiger partial charge < -0.3 is 15.7 Å². The van der Waals surface area contributed by atoms with Crippen LogP contribution in [-0.4, -0.2) is 54.3 Å². The van der Waals surface area contributed by atoms with Crippen LogP contribution in [0.15, 0.2) is 24.3 Å². The number of aliphatic hydroxyl groups excluding tert-OH is 1. The first-order valence-corrected chi connectivity index (χ1v) is 7.09. The van der Waals surface area contributed by atoms with E-state index >= 15 is 0 Å². The lowest BCUT2D eigenvalue weighted by Gasteiger charge is -2.23. The third kappa shape index (κ3) is 3.89. The summed E-state index contributed by atoms with van der Waals surface area (Å²) in [5.74, 6) is 0. The monoisotopic (exact) mass is 279 g/mol. The molecule has 1 aromatic carbocycles. The fourth-order valence-corrected chi connectivity index (χ4v) is 2.57. The number of nitrogens with zero attached hydrogens (tertiary/aromatic N) is 2. The Balaban J connectivity index is 1.99. The van der Waals surface area contributed by atoms with Gasteiger partial charge in [-0.3, -0.25) is 4.90 Å². The zero-order valence-corrected chi connectivity index (χ0v) is 11.9. The van der Waals surface area contributed by atoms with Crippen LogP contribution in [0.3, 0.4) is 0 Å². The van der Waals surface area contributed by atoms with Gasteiger partial charge >= 0.3 is 0 Å². The van der Waals surface area contributed by atoms with E-state index in [-0.39, 0.29) is 6.61 Å². The van der Waals surface area contributed by atoms with Gasteiger partial charge in [0.05, 0.1) is 6.61 Å². The predicted molar refractivity (Wildman–Crippen MR) is 82.7 cm³/mol. The summed E-state index contributed by atoms with van der Waals surface area (Å²) in [6.07, 6.45) is 1.12. The largest absolute Gasteiger partial charge is 0.395 e. The van der Waals surface area contributed by atoms with E-state index in [1.807, 2.05) is 12.1 Å². The number of anilines is 1. The van der Waals surface area contributed by atoms with Crippen LogP contribution in [0.5, 0.6) is 0 Å². The van der Waals surface area contributed by atoms with E-state index < -0.39 is 0 Å². The summed E-state index contributed by atoms with van der Waals surface area (Å²) >= 11 is 4.96. The van der Waals surface area contributed by atoms with Gasteiger partial charge in [0.1, 0.15) is 4.99 Å². The molecule has 1 aliphatic rings. The van der Waals surface area contributed by atoms with Crippen LogP contribution in [0.1, 0.15) is 12.0 Å². The van der Waals surface area contributed by atoms with Gasteiger partial charge in [-0.25, -0.2) is 0 Å². The van der Waals surface area contributed by atoms with Crippen LogP contribution >= 0.6 is 12.2 Å². The minimum Gasteiger partial charge on any atom is -0.395 e. The smallest absolute Gasteiger partial charge is 0.103 e. The van der Waals surface area contributed by atoms with Crippen molar-refractivity contribution in [1.29, 1.82) is 0 Å². The molecule has 1 heterocycles. The Bertz CT molecular complexity index is 421. The molecule has 1 saturated heterocycles. The maximum atomic E-state index is 9.00. The molecule has 0 atom stereocenters. The van der Waals surface area contributed by atoms with E-state index in [1.165, 1.54) is 5.69 Å². The second-order valence-corrected chi connectivity index (χ2v) is 5.26. The van der Waals surface area contributed by atoms with Gasteiger partial charge in [0.25, 0.3) is 0 Å². The van der Waals surface area contributed by atoms with Crippen LogP contribution < -0.4 is 10.6 Å². The van der Waals surface area contributed by atoms with Gasteiger partial charge in [0.2, 0.25) is 0 Å². The van der Waals surface area contributed by atoms with Crippen molar-refractivity contribution in [2.75, 3.05) is 44.2 Å². The van der Waals surface area contributed by atoms with E-state index in [4.69, 9.17) is 23.1 Å². The Hall–Kier alpha value is -1.17. The molecule has 104 valence electrons. The number of aliphatic hydroxyl groups is 1. The van der Waals surface area contributed by atoms with Crippen molar-refractivity contribution in [3.63, 3.8) is 0 Å². The molecule has 2 rings (SSSR count). The number of hydrogen-bond donors (Lipinski definition) is 2. The lowest BCUT2D eigenvalue weighted by atomic mass is 10.2. The third-order valence-corrected chi connectivity index (χ3v) is 3.76. The number of hydrogen-bond acceptors (Lipinski definition) is 4. The molecular formula is C14H21N3OS. The lowest BCUT2D eigenvalue weighted by Crippen LogP contribution is -2.32. The van der Waals surface area contributed by atoms with Crippen molar-refractivity contribution in [3.05, 3.63) is 29.8 Å². The highest BCUT2D eigenvalue weighted by Gasteiger charge is 2.14. The molecule has 0 unspecified atom stereocenters. The minimum atomic E-state index is 0.239. The molecular weight excluding hydrogens is 258 g/mol. The summed E-state index contributed by atoms with van der Waals surface area (Å²) in [5.41, 5.74) is 7.73. The molecule has 0 aromatic heterocycles. The van der Waals surface area contributed by atoms with Crippen molar-refractivity contribution in [2.24, 2.45) is 5.73 Å². The summed E-state index contributed by atoms with van der Waals surface area (Å²) in [5, 5.41) is 9.00. The zero-order valence-electron chi connectivity index (χ0n) is 11.1. The second kappa shape index (κ2) is 6.84. The van der Waals surface area contributed by atoms with E-state index in [0.717, 1.165) is 44.7 Å². The van der Waals surface area contributed by atoms with Crippen LogP contribution in [0.25, 0.3) is 0 Å². The van der Waals surface area contributed by atoms with E-state index in [2.05, 4.69) is 21.9 Å². The van der Waals surface area contributed by atoms with Crippen molar-refractivity contribution >= 4 is 22.9 Å². The Morgan fingerprint density at radius 3 is 2.53 bits per heavy atom. The van der Waals surface area contributed by atoms with Gasteiger partial charge in [0, 0.05) is 37.4 Å². The molecule has 19 heavy (non-hydrogen) atoms. The number of β-amino-alcohol motifs (C(OH)–C–C–N with tert-alkyl or cyclic N) is 1. The molecule has 4 nitrogen and oxygen atoms in total. The molecule has 5 heteroatoms. The van der Waals surface area contributed by atoms with Crippen molar-refractivity contribution < 1.29 is 5.11 Å². The first-order valence-electron chi connectivity index (χ1n) is 6.69. The van der Waals surface area contributed by atoms with Crippen molar-refractivity contribution in [1.82, 2.24) is 4.90 Å². The van der Waals surface area contributed by atoms with Crippen LogP contribution in [-0.2, 0) is 0 Å². The lowest BCUT2D eigenvalue weighted by molar-refractivity contribution is 0.204. The molecule has 0 saturated carbocycles. The normalized spacial score (nSPS) is 17.2. The number of thiocarbonyl (C=S) groups is 1. The SMILES string of the molecule is NC(=S)c1ccc(N2CCCN(CCO)CC2)cc1. The molecule has 1 aromatic rings. The Kier molecular flexibility index (Phi) is 5.13. The fraction of sp³-hybridized carbons (Fsp3) is 0.500. The van der Waals surface area contributed by atoms with Gasteiger partial charge in [0.15, 0.2) is 0 Å². The molecule has 0 amide bonds. The van der Waals surface area contributed by atoms with Crippen molar-refractivity contribution in [2.45, 2.75) is 6.42 Å². The molecule has 0 bridgehead atoms. The molecule has 0 spiro atoms. The average Bonchev–Trinajstić information content (AvgIpc) is 2.65. The highest BCUT2D eigenvalue weighted by Crippen LogP contribution is 2.17. The number of rotatable bonds is 4. The van der Waals surface area contributed by atoms with Crippen LogP contribution in [0.2, 0.25) is 0 Å². The first kappa shape index (κ1) is 14.2. The standard InChI is InChI=1S/C14H21N3OS/c15-14(19)12-2-4-13(5-3-12)17-7-1-6-16(8-9-17)10-11-18/h2-5,18H,1,6-11H2,(H2,15,19). The zero-order chi connectivity index (χ0) is 13.7. The highest BCUT2D eigenvalue weighted by molar-refractivity contribution is 7.80. The van der Waals surface area contributed by atoms with Gasteiger partial charge in [-0.15, -0.1) is 0 Å². The Morgan fingerprint density at radius 1 is 1.16 bits per heavy atom. The van der Waals surface area contributed by atoms with E-state index in [1.54, 1.807) is 0 Å². The van der Waals surface area contributed by atoms with Gasteiger partial charge in [-0.2, -0.15) is 0 Å². The topological polar surface area (TPSA) is 52.7 Å². The molecule has 3 N–H and O–H groups in total. The summed E-state index contributed by atoms with van der Waals surface area (Å²) < 4.78 is 0. The quantitative estimate of drug-likeness (QED) is 0.800. The second-order valence-electron chi connectivity index (χ2n) is 4.82. The summed E-state index contributed by atoms with van der Waals surface area (Å²) in [4.78, 5) is 5.13. The average molecular weight is 279 g/mol. The Labute approximate surface area is 119 Å². The predicted octanol–water partition coefficient (Wildman–Crippen LogP) is 0.825. The van der Waals surface area contributed by atoms with E-state index in [0.29, 0.717) is 4.99 Å². The fourth-order valence-electron chi connectivity index (χ4n) is 2.43.